The van der Waals surface area contributed by atoms with Gasteiger partial charge < -0.3 is 19.7 Å². The average Bonchev–Trinajstić information content (AvgIpc) is 3.51. The highest BCUT2D eigenvalue weighted by atomic mass is 32.2. The van der Waals surface area contributed by atoms with Gasteiger partial charge in [0.15, 0.2) is 11.6 Å². The molecule has 2 amide bonds. The van der Waals surface area contributed by atoms with Crippen LogP contribution in [0.5, 0.6) is 11.6 Å². The number of hydrogen-bond donors (Lipinski definition) is 2. The molecule has 2 aliphatic heterocycles. The Kier molecular flexibility index (Phi) is 9.64. The van der Waals surface area contributed by atoms with Crippen molar-refractivity contribution in [2.24, 2.45) is 7.05 Å². The Morgan fingerprint density at radius 2 is 1.91 bits per heavy atom. The Morgan fingerprint density at radius 3 is 2.62 bits per heavy atom. The van der Waals surface area contributed by atoms with Gasteiger partial charge in [-0.2, -0.15) is 10.2 Å². The van der Waals surface area contributed by atoms with Gasteiger partial charge >= 0.3 is 0 Å². The summed E-state index contributed by atoms with van der Waals surface area (Å²) in [7, 11) is 1.86. The number of likely N-dealkylation sites (tertiary alicyclic amines) is 1. The molecule has 13 nitrogen and oxygen atoms in total. The maximum Gasteiger partial charge on any atom is 0.257 e. The van der Waals surface area contributed by atoms with Gasteiger partial charge in [0.25, 0.3) is 5.88 Å². The van der Waals surface area contributed by atoms with E-state index in [-0.39, 0.29) is 24.5 Å². The molecule has 1 saturated heterocycles. The number of aryl methyl sites for hydroxylation is 1. The number of ether oxygens (including phenoxy) is 2. The van der Waals surface area contributed by atoms with Crippen molar-refractivity contribution in [1.82, 2.24) is 39.7 Å². The third kappa shape index (κ3) is 7.38. The number of pyridine rings is 1. The molecule has 1 saturated carbocycles. The molecule has 5 heterocycles. The topological polar surface area (TPSA) is 143 Å². The Bertz CT molecular complexity index is 2180. The summed E-state index contributed by atoms with van der Waals surface area (Å²) in [6, 6.07) is 17.8. The zero-order chi connectivity index (χ0) is 36.5. The van der Waals surface area contributed by atoms with Crippen LogP contribution in [0.1, 0.15) is 38.2 Å². The standard InChI is InChI=1S/C39H43N9O4S/c1-4-51-37-33(52-29-10-11-29)14-13-32(42-37)35-30-21-28(9-12-31(30)43-44-35)41-38(50)39(53-3)17-20-47(23-39)22-34(49)48-18-15-26(16-19-48)25-5-7-27(8-6-25)36-40-24-46(2)45-36/h5-9,12-15,21,24,29H,4,10-11,16-20,22-23H2,1-3H3,(H,41,50)(H,43,44). The van der Waals surface area contributed by atoms with Crippen molar-refractivity contribution in [1.29, 1.82) is 0 Å². The van der Waals surface area contributed by atoms with Gasteiger partial charge in [0.05, 0.1) is 30.5 Å². The van der Waals surface area contributed by atoms with Crippen LogP contribution in [-0.2, 0) is 16.6 Å². The first kappa shape index (κ1) is 34.9. The Balaban J connectivity index is 0.891. The largest absolute Gasteiger partial charge is 0.485 e. The number of aromatic nitrogens is 6. The van der Waals surface area contributed by atoms with Crippen LogP contribution in [0, 0.1) is 0 Å². The minimum atomic E-state index is -0.675. The number of anilines is 1. The average molecular weight is 734 g/mol. The Labute approximate surface area is 312 Å². The summed E-state index contributed by atoms with van der Waals surface area (Å²) in [5, 5.41) is 16.0. The van der Waals surface area contributed by atoms with E-state index in [4.69, 9.17) is 14.5 Å². The van der Waals surface area contributed by atoms with E-state index in [1.165, 1.54) is 5.57 Å². The summed E-state index contributed by atoms with van der Waals surface area (Å²) in [6.45, 7) is 5.08. The van der Waals surface area contributed by atoms with Gasteiger partial charge in [-0.1, -0.05) is 30.3 Å². The highest BCUT2D eigenvalue weighted by Gasteiger charge is 2.45. The molecule has 8 rings (SSSR count). The number of hydrogen-bond acceptors (Lipinski definition) is 10. The summed E-state index contributed by atoms with van der Waals surface area (Å²) < 4.78 is 12.8. The van der Waals surface area contributed by atoms with Gasteiger partial charge in [0.1, 0.15) is 16.8 Å². The van der Waals surface area contributed by atoms with Crippen LogP contribution >= 0.6 is 11.8 Å². The molecule has 3 aromatic heterocycles. The monoisotopic (exact) mass is 733 g/mol. The molecule has 5 aromatic rings. The summed E-state index contributed by atoms with van der Waals surface area (Å²) in [5.41, 5.74) is 6.17. The van der Waals surface area contributed by atoms with E-state index < -0.39 is 4.75 Å². The lowest BCUT2D eigenvalue weighted by Gasteiger charge is -2.29. The van der Waals surface area contributed by atoms with Gasteiger partial charge in [-0.05, 0) is 80.3 Å². The zero-order valence-electron chi connectivity index (χ0n) is 30.2. The highest BCUT2D eigenvalue weighted by molar-refractivity contribution is 8.00. The number of aromatic amines is 1. The van der Waals surface area contributed by atoms with Crippen molar-refractivity contribution in [2.75, 3.05) is 50.9 Å². The second-order valence-corrected chi connectivity index (χ2v) is 15.0. The van der Waals surface area contributed by atoms with Crippen molar-refractivity contribution in [3.05, 3.63) is 72.6 Å². The van der Waals surface area contributed by atoms with Crippen molar-refractivity contribution < 1.29 is 19.1 Å². The van der Waals surface area contributed by atoms with E-state index in [0.29, 0.717) is 73.7 Å². The molecular weight excluding hydrogens is 691 g/mol. The minimum absolute atomic E-state index is 0.0712. The lowest BCUT2D eigenvalue weighted by atomic mass is 9.98. The van der Waals surface area contributed by atoms with Gasteiger partial charge in [0.2, 0.25) is 11.8 Å². The van der Waals surface area contributed by atoms with E-state index in [2.05, 4.69) is 48.7 Å². The SMILES string of the molecule is CCOc1nc(-c2n[nH]c3ccc(NC(=O)C4(SC)CCN(CC(=O)N5CC=C(c6ccc(-c7ncn(C)n7)cc6)CC5)C4)cc23)ccc1OC1CC1. The molecule has 1 unspecified atom stereocenters. The predicted molar refractivity (Wildman–Crippen MR) is 206 cm³/mol. The van der Waals surface area contributed by atoms with Gasteiger partial charge in [-0.25, -0.2) is 9.97 Å². The van der Waals surface area contributed by atoms with Crippen LogP contribution in [0.2, 0.25) is 0 Å². The number of carbonyl (C=O) groups excluding carboxylic acids is 2. The molecular formula is C39H43N9O4S. The smallest absolute Gasteiger partial charge is 0.257 e. The van der Waals surface area contributed by atoms with Crippen molar-refractivity contribution in [3.8, 4) is 34.4 Å². The molecule has 2 aromatic carbocycles. The van der Waals surface area contributed by atoms with Crippen LogP contribution in [0.15, 0.2) is 67.0 Å². The third-order valence-electron chi connectivity index (χ3n) is 10.1. The van der Waals surface area contributed by atoms with Crippen LogP contribution in [0.25, 0.3) is 39.3 Å². The quantitative estimate of drug-likeness (QED) is 0.171. The number of H-pyrrole nitrogens is 1. The maximum absolute atomic E-state index is 13.9. The Morgan fingerprint density at radius 1 is 1.08 bits per heavy atom. The maximum atomic E-state index is 13.9. The number of amides is 2. The first-order valence-electron chi connectivity index (χ1n) is 18.1. The molecule has 14 heteroatoms. The number of carbonyl (C=O) groups is 2. The fourth-order valence-electron chi connectivity index (χ4n) is 6.98. The molecule has 2 fully saturated rings. The van der Waals surface area contributed by atoms with Crippen molar-refractivity contribution >= 4 is 45.7 Å². The molecule has 53 heavy (non-hydrogen) atoms. The molecule has 1 aliphatic carbocycles. The summed E-state index contributed by atoms with van der Waals surface area (Å²) >= 11 is 1.54. The fourth-order valence-corrected chi connectivity index (χ4v) is 7.82. The number of thioether (sulfide) groups is 1. The number of benzene rings is 2. The number of rotatable bonds is 12. The van der Waals surface area contributed by atoms with E-state index in [1.807, 2.05) is 67.6 Å². The summed E-state index contributed by atoms with van der Waals surface area (Å²) in [5.74, 6) is 1.81. The third-order valence-corrected chi connectivity index (χ3v) is 11.4. The van der Waals surface area contributed by atoms with Gasteiger partial charge in [-0.15, -0.1) is 11.8 Å². The highest BCUT2D eigenvalue weighted by Crippen LogP contribution is 2.38. The molecule has 0 radical (unpaired) electrons. The zero-order valence-corrected chi connectivity index (χ0v) is 31.0. The minimum Gasteiger partial charge on any atom is -0.485 e. The first-order valence-corrected chi connectivity index (χ1v) is 19.3. The Hall–Kier alpha value is -5.21. The second-order valence-electron chi connectivity index (χ2n) is 13.8. The first-order chi connectivity index (χ1) is 25.8. The predicted octanol–water partition coefficient (Wildman–Crippen LogP) is 5.42. The van der Waals surface area contributed by atoms with Crippen LogP contribution in [0.4, 0.5) is 5.69 Å². The van der Waals surface area contributed by atoms with Crippen molar-refractivity contribution in [3.63, 3.8) is 0 Å². The number of fused-ring (bicyclic) bond motifs is 1. The van der Waals surface area contributed by atoms with Crippen LogP contribution in [0.3, 0.4) is 0 Å². The van der Waals surface area contributed by atoms with Crippen LogP contribution in [-0.4, -0.2) is 108 Å². The fraction of sp³-hybridized carbons (Fsp3) is 0.385. The molecule has 1 atom stereocenters. The molecule has 0 bridgehead atoms. The normalized spacial score (nSPS) is 19.0. The van der Waals surface area contributed by atoms with Gasteiger partial charge in [-0.3, -0.25) is 24.3 Å². The van der Waals surface area contributed by atoms with E-state index in [0.717, 1.165) is 41.3 Å². The summed E-state index contributed by atoms with van der Waals surface area (Å²) in [4.78, 5) is 40.4. The van der Waals surface area contributed by atoms with E-state index in [9.17, 15) is 9.59 Å². The number of nitrogens with zero attached hydrogens (tertiary/aromatic N) is 7. The van der Waals surface area contributed by atoms with E-state index in [1.54, 1.807) is 22.8 Å². The summed E-state index contributed by atoms with van der Waals surface area (Å²) in [6.07, 6.45) is 9.56. The van der Waals surface area contributed by atoms with Crippen molar-refractivity contribution in [2.45, 2.75) is 43.5 Å². The molecule has 0 spiro atoms. The number of nitrogens with one attached hydrogen (secondary N) is 2. The molecule has 2 N–H and O–H groups in total. The van der Waals surface area contributed by atoms with Gasteiger partial charge in [0, 0.05) is 49.9 Å². The molecule has 3 aliphatic rings. The lowest BCUT2D eigenvalue weighted by Crippen LogP contribution is -2.45. The van der Waals surface area contributed by atoms with Crippen LogP contribution < -0.4 is 14.8 Å². The second kappa shape index (κ2) is 14.7. The lowest BCUT2D eigenvalue weighted by molar-refractivity contribution is -0.132. The van der Waals surface area contributed by atoms with E-state index >= 15 is 0 Å². The molecule has 274 valence electrons.